The number of rotatable bonds is 4. The first-order valence-electron chi connectivity index (χ1n) is 10.4. The Balaban J connectivity index is 1.55. The van der Waals surface area contributed by atoms with Gasteiger partial charge in [0.2, 0.25) is 0 Å². The number of amides is 1. The number of pyridine rings is 1. The zero-order valence-corrected chi connectivity index (χ0v) is 17.6. The number of morpholine rings is 1. The molecule has 1 aliphatic heterocycles. The smallest absolute Gasteiger partial charge is 0.254 e. The van der Waals surface area contributed by atoms with Crippen molar-refractivity contribution in [1.82, 2.24) is 14.9 Å². The predicted octanol–water partition coefficient (Wildman–Crippen LogP) is 4.52. The molecule has 32 heavy (non-hydrogen) atoms. The van der Waals surface area contributed by atoms with Gasteiger partial charge in [0, 0.05) is 47.6 Å². The molecule has 5 rings (SSSR count). The Morgan fingerprint density at radius 1 is 1.12 bits per heavy atom. The number of carbonyl (C=O) groups excluding carboxylic acids is 1. The first kappa shape index (κ1) is 20.2. The fourth-order valence-electron chi connectivity index (χ4n) is 4.08. The number of nitrogens with one attached hydrogen (secondary N) is 1. The van der Waals surface area contributed by atoms with E-state index in [2.05, 4.69) is 9.97 Å². The van der Waals surface area contributed by atoms with Gasteiger partial charge in [-0.1, -0.05) is 18.2 Å². The summed E-state index contributed by atoms with van der Waals surface area (Å²) < 4.78 is 25.4. The molecule has 1 amide bonds. The van der Waals surface area contributed by atoms with E-state index in [1.165, 1.54) is 13.2 Å². The summed E-state index contributed by atoms with van der Waals surface area (Å²) in [4.78, 5) is 22.3. The number of hydrogen-bond acceptors (Lipinski definition) is 4. The van der Waals surface area contributed by atoms with E-state index in [9.17, 15) is 9.18 Å². The van der Waals surface area contributed by atoms with Crippen LogP contribution in [0.15, 0.2) is 60.9 Å². The van der Waals surface area contributed by atoms with E-state index in [4.69, 9.17) is 9.47 Å². The number of aromatic nitrogens is 2. The van der Waals surface area contributed by atoms with E-state index in [-0.39, 0.29) is 11.7 Å². The van der Waals surface area contributed by atoms with E-state index in [1.54, 1.807) is 29.4 Å². The molecule has 1 saturated heterocycles. The highest BCUT2D eigenvalue weighted by atomic mass is 19.1. The summed E-state index contributed by atoms with van der Waals surface area (Å²) in [7, 11) is 1.52. The van der Waals surface area contributed by atoms with Crippen LogP contribution in [0.25, 0.3) is 33.3 Å². The maximum absolute atomic E-state index is 14.7. The minimum atomic E-state index is -0.367. The minimum Gasteiger partial charge on any atom is -0.496 e. The second kappa shape index (κ2) is 8.43. The molecule has 0 unspecified atom stereocenters. The fourth-order valence-corrected chi connectivity index (χ4v) is 4.08. The van der Waals surface area contributed by atoms with Crippen molar-refractivity contribution in [3.8, 4) is 28.0 Å². The SMILES string of the molecule is COc1cccc(F)c1-c1c[nH]c2ncc(-c3cccc(C(=O)N4CCOCC4)c3)cc12. The molecule has 4 aromatic rings. The van der Waals surface area contributed by atoms with Crippen LogP contribution in [-0.4, -0.2) is 54.2 Å². The lowest BCUT2D eigenvalue weighted by Gasteiger charge is -2.27. The number of methoxy groups -OCH3 is 1. The van der Waals surface area contributed by atoms with Gasteiger partial charge in [-0.2, -0.15) is 0 Å². The summed E-state index contributed by atoms with van der Waals surface area (Å²) in [5, 5.41) is 0.774. The summed E-state index contributed by atoms with van der Waals surface area (Å²) in [6.45, 7) is 2.30. The van der Waals surface area contributed by atoms with Crippen molar-refractivity contribution < 1.29 is 18.7 Å². The third-order valence-electron chi connectivity index (χ3n) is 5.74. The number of benzene rings is 2. The second-order valence-corrected chi connectivity index (χ2v) is 7.62. The second-order valence-electron chi connectivity index (χ2n) is 7.62. The first-order valence-corrected chi connectivity index (χ1v) is 10.4. The van der Waals surface area contributed by atoms with Gasteiger partial charge in [0.1, 0.15) is 17.2 Å². The molecular formula is C25H22FN3O3. The van der Waals surface area contributed by atoms with Crippen LogP contribution in [0.3, 0.4) is 0 Å². The Labute approximate surface area is 184 Å². The fraction of sp³-hybridized carbons (Fsp3) is 0.200. The molecule has 0 radical (unpaired) electrons. The Hall–Kier alpha value is -3.71. The van der Waals surface area contributed by atoms with Crippen molar-refractivity contribution in [3.05, 3.63) is 72.3 Å². The maximum Gasteiger partial charge on any atom is 0.254 e. The maximum atomic E-state index is 14.7. The van der Waals surface area contributed by atoms with Crippen LogP contribution in [-0.2, 0) is 4.74 Å². The topological polar surface area (TPSA) is 67.5 Å². The number of halogens is 1. The van der Waals surface area contributed by atoms with E-state index in [1.807, 2.05) is 30.3 Å². The standard InChI is InChI=1S/C25H22FN3O3/c1-31-22-7-3-6-21(26)23(22)20-15-28-24-19(20)13-18(14-27-24)16-4-2-5-17(12-16)25(30)29-8-10-32-11-9-29/h2-7,12-15H,8-11H2,1H3,(H,27,28). The van der Waals surface area contributed by atoms with Gasteiger partial charge in [-0.25, -0.2) is 9.37 Å². The molecule has 1 aliphatic rings. The van der Waals surface area contributed by atoms with E-state index in [0.717, 1.165) is 16.5 Å². The van der Waals surface area contributed by atoms with Crippen molar-refractivity contribution in [2.75, 3.05) is 33.4 Å². The van der Waals surface area contributed by atoms with Gasteiger partial charge in [-0.3, -0.25) is 4.79 Å². The average molecular weight is 431 g/mol. The molecule has 0 bridgehead atoms. The zero-order valence-electron chi connectivity index (χ0n) is 17.6. The molecule has 7 heteroatoms. The van der Waals surface area contributed by atoms with E-state index < -0.39 is 0 Å². The summed E-state index contributed by atoms with van der Waals surface area (Å²) >= 11 is 0. The minimum absolute atomic E-state index is 0.0115. The van der Waals surface area contributed by atoms with Crippen LogP contribution in [0.5, 0.6) is 5.75 Å². The first-order chi connectivity index (χ1) is 15.7. The largest absolute Gasteiger partial charge is 0.496 e. The Bertz CT molecular complexity index is 1290. The Morgan fingerprint density at radius 3 is 2.75 bits per heavy atom. The zero-order chi connectivity index (χ0) is 22.1. The average Bonchev–Trinajstić information content (AvgIpc) is 3.27. The van der Waals surface area contributed by atoms with Crippen molar-refractivity contribution >= 4 is 16.9 Å². The van der Waals surface area contributed by atoms with Crippen LogP contribution < -0.4 is 4.74 Å². The van der Waals surface area contributed by atoms with E-state index in [0.29, 0.717) is 54.4 Å². The molecule has 162 valence electrons. The van der Waals surface area contributed by atoms with Crippen LogP contribution in [0.1, 0.15) is 10.4 Å². The lowest BCUT2D eigenvalue weighted by atomic mass is 10.00. The highest BCUT2D eigenvalue weighted by molar-refractivity contribution is 5.98. The molecule has 0 saturated carbocycles. The molecule has 3 heterocycles. The van der Waals surface area contributed by atoms with Crippen LogP contribution in [0.2, 0.25) is 0 Å². The molecule has 0 spiro atoms. The van der Waals surface area contributed by atoms with Crippen LogP contribution >= 0.6 is 0 Å². The van der Waals surface area contributed by atoms with Crippen LogP contribution in [0, 0.1) is 5.82 Å². The number of H-pyrrole nitrogens is 1. The van der Waals surface area contributed by atoms with Crippen molar-refractivity contribution in [3.63, 3.8) is 0 Å². The third-order valence-corrected chi connectivity index (χ3v) is 5.74. The van der Waals surface area contributed by atoms with Gasteiger partial charge in [-0.05, 0) is 35.9 Å². The molecule has 1 N–H and O–H groups in total. The molecular weight excluding hydrogens is 409 g/mol. The number of ether oxygens (including phenoxy) is 2. The molecule has 1 fully saturated rings. The van der Waals surface area contributed by atoms with Gasteiger partial charge in [0.15, 0.2) is 0 Å². The number of fused-ring (bicyclic) bond motifs is 1. The van der Waals surface area contributed by atoms with Gasteiger partial charge in [0.05, 0.1) is 25.9 Å². The molecule has 0 aliphatic carbocycles. The van der Waals surface area contributed by atoms with Crippen molar-refractivity contribution in [2.45, 2.75) is 0 Å². The third kappa shape index (κ3) is 3.61. The number of aromatic amines is 1. The number of nitrogens with zero attached hydrogens (tertiary/aromatic N) is 2. The van der Waals surface area contributed by atoms with Crippen molar-refractivity contribution in [1.29, 1.82) is 0 Å². The van der Waals surface area contributed by atoms with Crippen LogP contribution in [0.4, 0.5) is 4.39 Å². The highest BCUT2D eigenvalue weighted by Crippen LogP contribution is 2.37. The summed E-state index contributed by atoms with van der Waals surface area (Å²) in [6.07, 6.45) is 3.49. The Morgan fingerprint density at radius 2 is 1.94 bits per heavy atom. The van der Waals surface area contributed by atoms with Gasteiger partial charge in [0.25, 0.3) is 5.91 Å². The number of hydrogen-bond donors (Lipinski definition) is 1. The van der Waals surface area contributed by atoms with Gasteiger partial charge < -0.3 is 19.4 Å². The lowest BCUT2D eigenvalue weighted by molar-refractivity contribution is 0.0303. The highest BCUT2D eigenvalue weighted by Gasteiger charge is 2.20. The molecule has 2 aromatic heterocycles. The van der Waals surface area contributed by atoms with E-state index >= 15 is 0 Å². The molecule has 6 nitrogen and oxygen atoms in total. The molecule has 2 aromatic carbocycles. The van der Waals surface area contributed by atoms with Gasteiger partial charge in [-0.15, -0.1) is 0 Å². The number of carbonyl (C=O) groups is 1. The molecule has 0 atom stereocenters. The summed E-state index contributed by atoms with van der Waals surface area (Å²) in [5.74, 6) is 0.0748. The van der Waals surface area contributed by atoms with Gasteiger partial charge >= 0.3 is 0 Å². The predicted molar refractivity (Wildman–Crippen MR) is 120 cm³/mol. The quantitative estimate of drug-likeness (QED) is 0.516. The monoisotopic (exact) mass is 431 g/mol. The summed E-state index contributed by atoms with van der Waals surface area (Å²) in [5.41, 5.74) is 4.03. The Kier molecular flexibility index (Phi) is 5.33. The lowest BCUT2D eigenvalue weighted by Crippen LogP contribution is -2.40. The summed E-state index contributed by atoms with van der Waals surface area (Å²) in [6, 6.07) is 14.2. The normalized spacial score (nSPS) is 14.0. The van der Waals surface area contributed by atoms with Crippen molar-refractivity contribution in [2.24, 2.45) is 0 Å².